The van der Waals surface area contributed by atoms with Gasteiger partial charge in [-0.15, -0.1) is 0 Å². The summed E-state index contributed by atoms with van der Waals surface area (Å²) < 4.78 is 28.4. The van der Waals surface area contributed by atoms with Crippen LogP contribution >= 0.6 is 0 Å². The summed E-state index contributed by atoms with van der Waals surface area (Å²) in [6.07, 6.45) is 2.24. The van der Waals surface area contributed by atoms with Crippen LogP contribution in [0.3, 0.4) is 0 Å². The molecule has 4 rings (SSSR count). The first-order valence-corrected chi connectivity index (χ1v) is 11.6. The van der Waals surface area contributed by atoms with Gasteiger partial charge in [-0.2, -0.15) is 4.31 Å². The van der Waals surface area contributed by atoms with Crippen LogP contribution in [0.25, 0.3) is 0 Å². The number of hydrogen-bond acceptors (Lipinski definition) is 4. The number of hydrogen-bond donors (Lipinski definition) is 0. The van der Waals surface area contributed by atoms with Crippen molar-refractivity contribution >= 4 is 15.9 Å². The highest BCUT2D eigenvalue weighted by atomic mass is 32.2. The molecule has 0 bridgehead atoms. The van der Waals surface area contributed by atoms with E-state index < -0.39 is 16.2 Å². The summed E-state index contributed by atoms with van der Waals surface area (Å²) in [5, 5.41) is 0. The summed E-state index contributed by atoms with van der Waals surface area (Å²) >= 11 is 0. The van der Waals surface area contributed by atoms with Gasteiger partial charge in [0.2, 0.25) is 15.9 Å². The van der Waals surface area contributed by atoms with E-state index >= 15 is 0 Å². The van der Waals surface area contributed by atoms with Crippen LogP contribution in [0.1, 0.15) is 31.0 Å². The molecule has 2 aromatic rings. The van der Waals surface area contributed by atoms with E-state index in [4.69, 9.17) is 0 Å². The summed E-state index contributed by atoms with van der Waals surface area (Å²) in [5.41, 5.74) is 0.821. The van der Waals surface area contributed by atoms with Gasteiger partial charge in [0.15, 0.2) is 0 Å². The van der Waals surface area contributed by atoms with Crippen molar-refractivity contribution in [1.29, 1.82) is 0 Å². The highest BCUT2D eigenvalue weighted by Gasteiger charge is 2.40. The van der Waals surface area contributed by atoms with Gasteiger partial charge >= 0.3 is 0 Å². The minimum atomic E-state index is -3.73. The van der Waals surface area contributed by atoms with E-state index in [2.05, 4.69) is 4.90 Å². The average molecular weight is 414 g/mol. The van der Waals surface area contributed by atoms with E-state index in [1.165, 1.54) is 4.31 Å². The fourth-order valence-corrected chi connectivity index (χ4v) is 5.87. The van der Waals surface area contributed by atoms with Crippen LogP contribution in [-0.2, 0) is 14.8 Å². The highest BCUT2D eigenvalue weighted by molar-refractivity contribution is 7.89. The first-order valence-electron chi connectivity index (χ1n) is 10.2. The van der Waals surface area contributed by atoms with E-state index in [0.717, 1.165) is 31.5 Å². The number of carbonyl (C=O) groups excluding carboxylic acids is 1. The van der Waals surface area contributed by atoms with Crippen LogP contribution < -0.4 is 0 Å². The maximum Gasteiger partial charge on any atom is 0.245 e. The normalized spacial score (nSPS) is 21.4. The second-order valence-corrected chi connectivity index (χ2v) is 9.53. The van der Waals surface area contributed by atoms with E-state index in [9.17, 15) is 13.2 Å². The molecule has 29 heavy (non-hydrogen) atoms. The van der Waals surface area contributed by atoms with Crippen molar-refractivity contribution in [2.24, 2.45) is 0 Å². The molecule has 1 amide bonds. The van der Waals surface area contributed by atoms with Crippen LogP contribution in [0.2, 0.25) is 0 Å². The summed E-state index contributed by atoms with van der Waals surface area (Å²) in [5.74, 6) is -0.00582. The number of benzene rings is 2. The van der Waals surface area contributed by atoms with Crippen molar-refractivity contribution in [3.8, 4) is 0 Å². The molecule has 1 unspecified atom stereocenters. The van der Waals surface area contributed by atoms with E-state index in [0.29, 0.717) is 26.1 Å². The van der Waals surface area contributed by atoms with Crippen LogP contribution in [0.4, 0.5) is 0 Å². The molecule has 2 aliphatic heterocycles. The SMILES string of the molecule is O=C(CN1CCCC1)N1CCCN(S(=O)(=O)c2ccccc2)C1c1ccccc1. The lowest BCUT2D eigenvalue weighted by atomic mass is 10.1. The Hall–Kier alpha value is -2.22. The maximum atomic E-state index is 13.5. The Balaban J connectivity index is 1.69. The van der Waals surface area contributed by atoms with Crippen molar-refractivity contribution in [2.75, 3.05) is 32.7 Å². The second kappa shape index (κ2) is 8.65. The third kappa shape index (κ3) is 4.22. The fraction of sp³-hybridized carbons (Fsp3) is 0.409. The number of sulfonamides is 1. The van der Waals surface area contributed by atoms with Crippen molar-refractivity contribution in [2.45, 2.75) is 30.3 Å². The molecule has 2 saturated heterocycles. The summed E-state index contributed by atoms with van der Waals surface area (Å²) in [4.78, 5) is 17.4. The summed E-state index contributed by atoms with van der Waals surface area (Å²) in [7, 11) is -3.73. The van der Waals surface area contributed by atoms with Gasteiger partial charge in [0.25, 0.3) is 0 Å². The maximum absolute atomic E-state index is 13.5. The molecule has 2 heterocycles. The Labute approximate surface area is 172 Å². The van der Waals surface area contributed by atoms with Gasteiger partial charge in [-0.05, 0) is 50.0 Å². The number of nitrogens with zero attached hydrogens (tertiary/aromatic N) is 3. The predicted molar refractivity (Wildman–Crippen MR) is 112 cm³/mol. The van der Waals surface area contributed by atoms with Crippen LogP contribution in [0.15, 0.2) is 65.6 Å². The molecule has 0 saturated carbocycles. The molecule has 0 N–H and O–H groups in total. The van der Waals surface area contributed by atoms with Crippen molar-refractivity contribution in [3.05, 3.63) is 66.2 Å². The predicted octanol–water partition coefficient (Wildman–Crippen LogP) is 2.70. The largest absolute Gasteiger partial charge is 0.321 e. The van der Waals surface area contributed by atoms with Crippen molar-refractivity contribution in [3.63, 3.8) is 0 Å². The number of rotatable bonds is 5. The van der Waals surface area contributed by atoms with Gasteiger partial charge in [-0.1, -0.05) is 48.5 Å². The molecule has 154 valence electrons. The standard InChI is InChI=1S/C22H27N3O3S/c26-21(18-23-14-7-8-15-23)24-16-9-17-25(22(24)19-10-3-1-4-11-19)29(27,28)20-12-5-2-6-13-20/h1-6,10-13,22H,7-9,14-18H2. The smallest absolute Gasteiger partial charge is 0.245 e. The average Bonchev–Trinajstić information content (AvgIpc) is 3.27. The van der Waals surface area contributed by atoms with Gasteiger partial charge in [0, 0.05) is 13.1 Å². The first kappa shape index (κ1) is 20.1. The topological polar surface area (TPSA) is 60.9 Å². The van der Waals surface area contributed by atoms with Gasteiger partial charge in [-0.25, -0.2) is 8.42 Å². The second-order valence-electron chi connectivity index (χ2n) is 7.64. The Morgan fingerprint density at radius 2 is 1.45 bits per heavy atom. The summed E-state index contributed by atoms with van der Waals surface area (Å²) in [6.45, 7) is 3.17. The Morgan fingerprint density at radius 1 is 0.828 bits per heavy atom. The molecule has 2 fully saturated rings. The Kier molecular flexibility index (Phi) is 5.99. The zero-order valence-electron chi connectivity index (χ0n) is 16.5. The van der Waals surface area contributed by atoms with E-state index in [1.807, 2.05) is 30.3 Å². The van der Waals surface area contributed by atoms with Gasteiger partial charge in [0.05, 0.1) is 11.4 Å². The zero-order chi connectivity index (χ0) is 20.3. The van der Waals surface area contributed by atoms with Gasteiger partial charge in [0.1, 0.15) is 6.17 Å². The molecule has 6 nitrogen and oxygen atoms in total. The van der Waals surface area contributed by atoms with Gasteiger partial charge < -0.3 is 4.90 Å². The first-order chi connectivity index (χ1) is 14.1. The minimum absolute atomic E-state index is 0.00582. The molecule has 0 radical (unpaired) electrons. The number of carbonyl (C=O) groups is 1. The molecule has 7 heteroatoms. The minimum Gasteiger partial charge on any atom is -0.321 e. The molecular weight excluding hydrogens is 386 g/mol. The Bertz CT molecular complexity index is 928. The molecule has 0 spiro atoms. The van der Waals surface area contributed by atoms with E-state index in [1.54, 1.807) is 35.2 Å². The van der Waals surface area contributed by atoms with E-state index in [-0.39, 0.29) is 10.8 Å². The van der Waals surface area contributed by atoms with Crippen molar-refractivity contribution < 1.29 is 13.2 Å². The highest BCUT2D eigenvalue weighted by Crippen LogP contribution is 2.34. The number of amides is 1. The van der Waals surface area contributed by atoms with Crippen LogP contribution in [-0.4, -0.2) is 61.2 Å². The van der Waals surface area contributed by atoms with Crippen LogP contribution in [0, 0.1) is 0 Å². The monoisotopic (exact) mass is 413 g/mol. The quantitative estimate of drug-likeness (QED) is 0.756. The molecule has 2 aromatic carbocycles. The summed E-state index contributed by atoms with van der Waals surface area (Å²) in [6, 6.07) is 18.0. The fourth-order valence-electron chi connectivity index (χ4n) is 4.23. The Morgan fingerprint density at radius 3 is 2.10 bits per heavy atom. The lowest BCUT2D eigenvalue weighted by Crippen LogP contribution is -2.53. The third-order valence-electron chi connectivity index (χ3n) is 5.67. The molecule has 0 aromatic heterocycles. The lowest BCUT2D eigenvalue weighted by Gasteiger charge is -2.43. The molecule has 1 atom stereocenters. The third-order valence-corrected chi connectivity index (χ3v) is 7.54. The van der Waals surface area contributed by atoms with Crippen molar-refractivity contribution in [1.82, 2.24) is 14.1 Å². The molecular formula is C22H27N3O3S. The zero-order valence-corrected chi connectivity index (χ0v) is 17.3. The molecule has 2 aliphatic rings. The lowest BCUT2D eigenvalue weighted by molar-refractivity contribution is -0.139. The molecule has 0 aliphatic carbocycles. The number of likely N-dealkylation sites (tertiary alicyclic amines) is 1. The van der Waals surface area contributed by atoms with Crippen LogP contribution in [0.5, 0.6) is 0 Å². The van der Waals surface area contributed by atoms with Gasteiger partial charge in [-0.3, -0.25) is 9.69 Å².